The smallest absolute Gasteiger partial charge is 0.319 e. The molecule has 0 saturated heterocycles. The number of nitro benzene ring substituents is 1. The summed E-state index contributed by atoms with van der Waals surface area (Å²) in [5.41, 5.74) is 3.80. The first kappa shape index (κ1) is 21.0. The van der Waals surface area contributed by atoms with Crippen LogP contribution in [0.3, 0.4) is 0 Å². The number of rotatable bonds is 5. The fourth-order valence-corrected chi connectivity index (χ4v) is 4.28. The average Bonchev–Trinajstić information content (AvgIpc) is 2.79. The van der Waals surface area contributed by atoms with E-state index >= 15 is 0 Å². The second-order valence-electron chi connectivity index (χ2n) is 7.19. The number of fused-ring (bicyclic) bond motifs is 1. The summed E-state index contributed by atoms with van der Waals surface area (Å²) in [6.07, 6.45) is -0.390. The highest BCUT2D eigenvalue weighted by atomic mass is 79.9. The zero-order valence-corrected chi connectivity index (χ0v) is 18.3. The van der Waals surface area contributed by atoms with Gasteiger partial charge >= 0.3 is 5.97 Å². The van der Waals surface area contributed by atoms with Gasteiger partial charge in [0, 0.05) is 22.3 Å². The highest BCUT2D eigenvalue weighted by Gasteiger charge is 2.37. The van der Waals surface area contributed by atoms with Gasteiger partial charge in [-0.2, -0.15) is 0 Å². The number of nitrogens with zero attached hydrogens (tertiary/aromatic N) is 2. The number of hydrogen-bond donors (Lipinski definition) is 1. The summed E-state index contributed by atoms with van der Waals surface area (Å²) in [6.45, 7) is 0.0384. The van der Waals surface area contributed by atoms with Crippen LogP contribution in [0.1, 0.15) is 28.9 Å². The van der Waals surface area contributed by atoms with Crippen LogP contribution in [-0.4, -0.2) is 29.4 Å². The molecule has 7 nitrogen and oxygen atoms in total. The van der Waals surface area contributed by atoms with E-state index in [0.29, 0.717) is 0 Å². The third-order valence-electron chi connectivity index (χ3n) is 5.34. The van der Waals surface area contributed by atoms with Crippen LogP contribution in [0.2, 0.25) is 0 Å². The Labute approximate surface area is 187 Å². The first-order chi connectivity index (χ1) is 15.0. The molecule has 1 aliphatic rings. The molecule has 31 heavy (non-hydrogen) atoms. The van der Waals surface area contributed by atoms with Gasteiger partial charge in [0.1, 0.15) is 6.17 Å². The van der Waals surface area contributed by atoms with Crippen molar-refractivity contribution < 1.29 is 14.5 Å². The van der Waals surface area contributed by atoms with E-state index in [9.17, 15) is 14.9 Å². The van der Waals surface area contributed by atoms with Crippen molar-refractivity contribution in [2.75, 3.05) is 19.0 Å². The molecule has 3 aromatic carbocycles. The first-order valence-electron chi connectivity index (χ1n) is 9.66. The molecular formula is C23H20BrN3O4. The predicted molar refractivity (Wildman–Crippen MR) is 121 cm³/mol. The molecule has 0 unspecified atom stereocenters. The number of hydrogen-bond acceptors (Lipinski definition) is 6. The Kier molecular flexibility index (Phi) is 6.01. The molecule has 0 fully saturated rings. The number of carbonyl (C=O) groups excluding carboxylic acids is 1. The van der Waals surface area contributed by atoms with Crippen molar-refractivity contribution in [3.8, 4) is 0 Å². The second kappa shape index (κ2) is 8.87. The molecule has 3 aromatic rings. The number of benzene rings is 3. The maximum atomic E-state index is 12.4. The Hall–Kier alpha value is -3.23. The van der Waals surface area contributed by atoms with Crippen molar-refractivity contribution >= 4 is 33.3 Å². The molecule has 0 radical (unpaired) electrons. The summed E-state index contributed by atoms with van der Waals surface area (Å²) in [6, 6.07) is 22.1. The number of anilines is 1. The number of methoxy groups -OCH3 is 1. The minimum Gasteiger partial charge on any atom is -0.468 e. The van der Waals surface area contributed by atoms with Crippen LogP contribution >= 0.6 is 15.9 Å². The van der Waals surface area contributed by atoms with Crippen molar-refractivity contribution in [1.29, 1.82) is 0 Å². The fraction of sp³-hybridized carbons (Fsp3) is 0.174. The zero-order valence-electron chi connectivity index (χ0n) is 16.7. The third kappa shape index (κ3) is 4.30. The quantitative estimate of drug-likeness (QED) is 0.312. The molecule has 1 aliphatic heterocycles. The molecule has 0 amide bonds. The number of carbonyl (C=O) groups is 1. The van der Waals surface area contributed by atoms with Gasteiger partial charge in [-0.1, -0.05) is 46.3 Å². The Balaban J connectivity index is 1.86. The number of halogens is 1. The number of ether oxygens (including phenoxy) is 1. The minimum absolute atomic E-state index is 0.0167. The molecule has 1 N–H and O–H groups in total. The van der Waals surface area contributed by atoms with Crippen molar-refractivity contribution in [3.63, 3.8) is 0 Å². The van der Waals surface area contributed by atoms with Gasteiger partial charge in [0.05, 0.1) is 24.6 Å². The molecule has 0 bridgehead atoms. The van der Waals surface area contributed by atoms with E-state index in [0.717, 1.165) is 26.9 Å². The number of esters is 1. The molecule has 4 rings (SSSR count). The maximum absolute atomic E-state index is 12.4. The lowest BCUT2D eigenvalue weighted by molar-refractivity contribution is -0.384. The Morgan fingerprint density at radius 3 is 2.45 bits per heavy atom. The van der Waals surface area contributed by atoms with Crippen LogP contribution in [0.15, 0.2) is 77.3 Å². The molecule has 0 aliphatic carbocycles. The molecule has 0 spiro atoms. The van der Waals surface area contributed by atoms with Gasteiger partial charge in [-0.05, 0) is 47.0 Å². The van der Waals surface area contributed by atoms with Crippen LogP contribution in [0, 0.1) is 10.1 Å². The highest BCUT2D eigenvalue weighted by Crippen LogP contribution is 2.44. The number of nitrogens with one attached hydrogen (secondary N) is 1. The number of nitro groups is 1. The highest BCUT2D eigenvalue weighted by molar-refractivity contribution is 9.10. The van der Waals surface area contributed by atoms with Crippen molar-refractivity contribution in [2.45, 2.75) is 12.2 Å². The van der Waals surface area contributed by atoms with E-state index in [4.69, 9.17) is 4.74 Å². The van der Waals surface area contributed by atoms with Crippen molar-refractivity contribution in [2.24, 2.45) is 0 Å². The van der Waals surface area contributed by atoms with E-state index in [1.807, 2.05) is 53.4 Å². The molecule has 158 valence electrons. The lowest BCUT2D eigenvalue weighted by atomic mass is 9.91. The lowest BCUT2D eigenvalue weighted by Gasteiger charge is -2.44. The molecule has 1 heterocycles. The minimum atomic E-state index is -0.427. The van der Waals surface area contributed by atoms with Crippen LogP contribution in [0.25, 0.3) is 0 Å². The summed E-state index contributed by atoms with van der Waals surface area (Å²) >= 11 is 3.55. The summed E-state index contributed by atoms with van der Waals surface area (Å²) in [5.74, 6) is -0.368. The van der Waals surface area contributed by atoms with Gasteiger partial charge in [0.2, 0.25) is 0 Å². The van der Waals surface area contributed by atoms with Gasteiger partial charge in [-0.15, -0.1) is 0 Å². The SMILES string of the molecule is COC(=O)CN1[C@H](c2ccccc2)c2cc(Br)ccc2N[C@H]1c1ccc([N+](=O)[O-])cc1. The van der Waals surface area contributed by atoms with Gasteiger partial charge in [0.15, 0.2) is 0 Å². The van der Waals surface area contributed by atoms with Gasteiger partial charge in [-0.25, -0.2) is 0 Å². The summed E-state index contributed by atoms with van der Waals surface area (Å²) < 4.78 is 5.91. The Morgan fingerprint density at radius 2 is 1.81 bits per heavy atom. The topological polar surface area (TPSA) is 84.7 Å². The van der Waals surface area contributed by atoms with E-state index in [1.54, 1.807) is 12.1 Å². The standard InChI is InChI=1S/C23H20BrN3O4/c1-31-21(28)14-26-22(15-5-3-2-4-6-15)19-13-17(24)9-12-20(19)25-23(26)16-7-10-18(11-8-16)27(29)30/h2-13,22-23,25H,14H2,1H3/t22-,23-/m1/s1. The van der Waals surface area contributed by atoms with Crippen LogP contribution in [0.5, 0.6) is 0 Å². The van der Waals surface area contributed by atoms with Gasteiger partial charge in [-0.3, -0.25) is 19.8 Å². The molecule has 8 heteroatoms. The molecule has 2 atom stereocenters. The van der Waals surface area contributed by atoms with Crippen LogP contribution in [0.4, 0.5) is 11.4 Å². The lowest BCUT2D eigenvalue weighted by Crippen LogP contribution is -2.44. The van der Waals surface area contributed by atoms with Gasteiger partial charge in [0.25, 0.3) is 5.69 Å². The Morgan fingerprint density at radius 1 is 1.10 bits per heavy atom. The van der Waals surface area contributed by atoms with Crippen molar-refractivity contribution in [3.05, 3.63) is 104 Å². The van der Waals surface area contributed by atoms with E-state index in [1.165, 1.54) is 19.2 Å². The average molecular weight is 482 g/mol. The molecular weight excluding hydrogens is 462 g/mol. The first-order valence-corrected chi connectivity index (χ1v) is 10.4. The van der Waals surface area contributed by atoms with Crippen LogP contribution < -0.4 is 5.32 Å². The van der Waals surface area contributed by atoms with E-state index in [2.05, 4.69) is 21.2 Å². The summed E-state index contributed by atoms with van der Waals surface area (Å²) in [4.78, 5) is 25.0. The summed E-state index contributed by atoms with van der Waals surface area (Å²) in [7, 11) is 1.36. The van der Waals surface area contributed by atoms with E-state index in [-0.39, 0.29) is 24.2 Å². The fourth-order valence-electron chi connectivity index (χ4n) is 3.90. The van der Waals surface area contributed by atoms with Crippen LogP contribution in [-0.2, 0) is 9.53 Å². The largest absolute Gasteiger partial charge is 0.468 e. The normalized spacial score (nSPS) is 18.0. The number of non-ortho nitro benzene ring substituents is 1. The summed E-state index contributed by atoms with van der Waals surface area (Å²) in [5, 5.41) is 14.6. The maximum Gasteiger partial charge on any atom is 0.319 e. The van der Waals surface area contributed by atoms with Gasteiger partial charge < -0.3 is 10.1 Å². The molecule has 0 aromatic heterocycles. The molecule has 0 saturated carbocycles. The van der Waals surface area contributed by atoms with E-state index < -0.39 is 11.1 Å². The zero-order chi connectivity index (χ0) is 22.0. The monoisotopic (exact) mass is 481 g/mol. The predicted octanol–water partition coefficient (Wildman–Crippen LogP) is 5.05. The van der Waals surface area contributed by atoms with Crippen molar-refractivity contribution in [1.82, 2.24) is 4.90 Å². The third-order valence-corrected chi connectivity index (χ3v) is 5.83. The second-order valence-corrected chi connectivity index (χ2v) is 8.10. The Bertz CT molecular complexity index is 1110.